The lowest BCUT2D eigenvalue weighted by Crippen LogP contribution is -2.11. The minimum absolute atomic E-state index is 0.831. The van der Waals surface area contributed by atoms with Crippen molar-refractivity contribution >= 4 is 5.82 Å². The Balaban J connectivity index is 1.84. The molecule has 0 radical (unpaired) electrons. The number of hydrogen-bond donors (Lipinski definition) is 1. The van der Waals surface area contributed by atoms with Gasteiger partial charge in [-0.15, -0.1) is 0 Å². The maximum Gasteiger partial charge on any atom is 0.126 e. The van der Waals surface area contributed by atoms with Gasteiger partial charge in [-0.25, -0.2) is 4.98 Å². The molecule has 84 valence electrons. The van der Waals surface area contributed by atoms with Gasteiger partial charge >= 0.3 is 0 Å². The van der Waals surface area contributed by atoms with Crippen LogP contribution in [0.5, 0.6) is 0 Å². The Labute approximate surface area is 95.3 Å². The molecule has 2 aromatic rings. The van der Waals surface area contributed by atoms with E-state index in [1.807, 2.05) is 42.3 Å². The molecule has 0 aromatic carbocycles. The molecule has 0 bridgehead atoms. The summed E-state index contributed by atoms with van der Waals surface area (Å²) >= 11 is 0. The van der Waals surface area contributed by atoms with Crippen LogP contribution in [-0.4, -0.2) is 21.3 Å². The first-order chi connectivity index (χ1) is 7.74. The lowest BCUT2D eigenvalue weighted by molar-refractivity contribution is 0.636. The van der Waals surface area contributed by atoms with Gasteiger partial charge in [-0.2, -0.15) is 5.10 Å². The molecule has 0 spiro atoms. The molecule has 0 aliphatic carbocycles. The Bertz CT molecular complexity index is 462. The molecule has 0 fully saturated rings. The third kappa shape index (κ3) is 2.82. The van der Waals surface area contributed by atoms with Gasteiger partial charge in [0, 0.05) is 18.9 Å². The first-order valence-corrected chi connectivity index (χ1v) is 5.39. The molecule has 0 aliphatic rings. The Morgan fingerprint density at radius 1 is 1.31 bits per heavy atom. The van der Waals surface area contributed by atoms with Gasteiger partial charge in [-0.3, -0.25) is 4.68 Å². The van der Waals surface area contributed by atoms with E-state index in [0.717, 1.165) is 18.9 Å². The molecule has 0 unspecified atom stereocenters. The normalized spacial score (nSPS) is 10.4. The van der Waals surface area contributed by atoms with Crippen molar-refractivity contribution in [2.45, 2.75) is 20.4 Å². The molecular weight excluding hydrogens is 200 g/mol. The van der Waals surface area contributed by atoms with Crippen molar-refractivity contribution in [3.8, 4) is 0 Å². The highest BCUT2D eigenvalue weighted by Crippen LogP contribution is 2.04. The zero-order valence-electron chi connectivity index (χ0n) is 9.64. The van der Waals surface area contributed by atoms with Crippen LogP contribution in [0.2, 0.25) is 0 Å². The van der Waals surface area contributed by atoms with Gasteiger partial charge in [-0.05, 0) is 37.1 Å². The SMILES string of the molecule is Cc1ccnc(NCCn2cc(C)cn2)c1. The third-order valence-electron chi connectivity index (χ3n) is 2.32. The first kappa shape index (κ1) is 10.7. The molecule has 0 saturated carbocycles. The molecule has 1 N–H and O–H groups in total. The van der Waals surface area contributed by atoms with Crippen LogP contribution in [0.1, 0.15) is 11.1 Å². The number of pyridine rings is 1. The van der Waals surface area contributed by atoms with Crippen LogP contribution in [0.4, 0.5) is 5.82 Å². The third-order valence-corrected chi connectivity index (χ3v) is 2.32. The molecule has 16 heavy (non-hydrogen) atoms. The zero-order chi connectivity index (χ0) is 11.4. The minimum Gasteiger partial charge on any atom is -0.368 e. The summed E-state index contributed by atoms with van der Waals surface area (Å²) in [6.07, 6.45) is 5.71. The maximum atomic E-state index is 4.24. The van der Waals surface area contributed by atoms with Gasteiger partial charge < -0.3 is 5.32 Å². The summed E-state index contributed by atoms with van der Waals surface area (Å²) < 4.78 is 1.93. The highest BCUT2D eigenvalue weighted by atomic mass is 15.3. The van der Waals surface area contributed by atoms with E-state index in [0.29, 0.717) is 0 Å². The second-order valence-electron chi connectivity index (χ2n) is 3.93. The van der Waals surface area contributed by atoms with Crippen molar-refractivity contribution in [1.82, 2.24) is 14.8 Å². The van der Waals surface area contributed by atoms with Crippen LogP contribution in [0.25, 0.3) is 0 Å². The summed E-state index contributed by atoms with van der Waals surface area (Å²) in [6, 6.07) is 4.02. The number of nitrogens with one attached hydrogen (secondary N) is 1. The van der Waals surface area contributed by atoms with E-state index in [2.05, 4.69) is 22.3 Å². The van der Waals surface area contributed by atoms with E-state index in [-0.39, 0.29) is 0 Å². The molecule has 4 nitrogen and oxygen atoms in total. The predicted octanol–water partition coefficient (Wildman–Crippen LogP) is 2.01. The molecule has 0 aliphatic heterocycles. The highest BCUT2D eigenvalue weighted by Gasteiger charge is 1.95. The Hall–Kier alpha value is -1.84. The topological polar surface area (TPSA) is 42.7 Å². The van der Waals surface area contributed by atoms with Gasteiger partial charge in [0.05, 0.1) is 12.7 Å². The van der Waals surface area contributed by atoms with Crippen molar-refractivity contribution in [2.75, 3.05) is 11.9 Å². The van der Waals surface area contributed by atoms with Crippen LogP contribution in [0.3, 0.4) is 0 Å². The fraction of sp³-hybridized carbons (Fsp3) is 0.333. The maximum absolute atomic E-state index is 4.24. The average molecular weight is 216 g/mol. The Morgan fingerprint density at radius 2 is 2.19 bits per heavy atom. The van der Waals surface area contributed by atoms with Crippen LogP contribution in [0, 0.1) is 13.8 Å². The van der Waals surface area contributed by atoms with Gasteiger partial charge in [-0.1, -0.05) is 0 Å². The predicted molar refractivity (Wildman–Crippen MR) is 64.4 cm³/mol. The summed E-state index contributed by atoms with van der Waals surface area (Å²) in [6.45, 7) is 5.78. The Morgan fingerprint density at radius 3 is 2.88 bits per heavy atom. The number of anilines is 1. The number of rotatable bonds is 4. The molecule has 0 saturated heterocycles. The lowest BCUT2D eigenvalue weighted by atomic mass is 10.3. The molecule has 0 amide bonds. The van der Waals surface area contributed by atoms with E-state index in [4.69, 9.17) is 0 Å². The molecule has 2 aromatic heterocycles. The number of nitrogens with zero attached hydrogens (tertiary/aromatic N) is 3. The fourth-order valence-corrected chi connectivity index (χ4v) is 1.52. The summed E-state index contributed by atoms with van der Waals surface area (Å²) in [5.74, 6) is 0.920. The quantitative estimate of drug-likeness (QED) is 0.850. The largest absolute Gasteiger partial charge is 0.368 e. The van der Waals surface area contributed by atoms with Gasteiger partial charge in [0.25, 0.3) is 0 Å². The second-order valence-corrected chi connectivity index (χ2v) is 3.93. The summed E-state index contributed by atoms with van der Waals surface area (Å²) in [5, 5.41) is 7.49. The zero-order valence-corrected chi connectivity index (χ0v) is 9.64. The Kier molecular flexibility index (Phi) is 3.19. The fourth-order valence-electron chi connectivity index (χ4n) is 1.52. The highest BCUT2D eigenvalue weighted by molar-refractivity contribution is 5.36. The van der Waals surface area contributed by atoms with Crippen molar-refractivity contribution in [3.63, 3.8) is 0 Å². The van der Waals surface area contributed by atoms with Crippen molar-refractivity contribution in [2.24, 2.45) is 0 Å². The van der Waals surface area contributed by atoms with Crippen LogP contribution >= 0.6 is 0 Å². The summed E-state index contributed by atoms with van der Waals surface area (Å²) in [4.78, 5) is 4.24. The standard InChI is InChI=1S/C12H16N4/c1-10-3-4-13-12(7-10)14-5-6-16-9-11(2)8-15-16/h3-4,7-9H,5-6H2,1-2H3,(H,13,14). The van der Waals surface area contributed by atoms with Crippen molar-refractivity contribution in [3.05, 3.63) is 41.9 Å². The molecular formula is C12H16N4. The van der Waals surface area contributed by atoms with Crippen molar-refractivity contribution < 1.29 is 0 Å². The van der Waals surface area contributed by atoms with E-state index >= 15 is 0 Å². The lowest BCUT2D eigenvalue weighted by Gasteiger charge is -2.05. The monoisotopic (exact) mass is 216 g/mol. The van der Waals surface area contributed by atoms with E-state index in [1.54, 1.807) is 0 Å². The van der Waals surface area contributed by atoms with Crippen LogP contribution in [-0.2, 0) is 6.54 Å². The summed E-state index contributed by atoms with van der Waals surface area (Å²) in [5.41, 5.74) is 2.40. The first-order valence-electron chi connectivity index (χ1n) is 5.39. The number of aryl methyl sites for hydroxylation is 2. The van der Waals surface area contributed by atoms with E-state index in [1.165, 1.54) is 11.1 Å². The van der Waals surface area contributed by atoms with Crippen molar-refractivity contribution in [1.29, 1.82) is 0 Å². The van der Waals surface area contributed by atoms with Crippen LogP contribution < -0.4 is 5.32 Å². The van der Waals surface area contributed by atoms with Gasteiger partial charge in [0.1, 0.15) is 5.82 Å². The molecule has 0 atom stereocenters. The van der Waals surface area contributed by atoms with Gasteiger partial charge in [0.15, 0.2) is 0 Å². The molecule has 4 heteroatoms. The number of hydrogen-bond acceptors (Lipinski definition) is 3. The summed E-state index contributed by atoms with van der Waals surface area (Å²) in [7, 11) is 0. The van der Waals surface area contributed by atoms with E-state index in [9.17, 15) is 0 Å². The molecule has 2 rings (SSSR count). The average Bonchev–Trinajstić information content (AvgIpc) is 2.64. The second kappa shape index (κ2) is 4.79. The van der Waals surface area contributed by atoms with Gasteiger partial charge in [0.2, 0.25) is 0 Å². The molecule has 2 heterocycles. The minimum atomic E-state index is 0.831. The van der Waals surface area contributed by atoms with Crippen LogP contribution in [0.15, 0.2) is 30.7 Å². The number of aromatic nitrogens is 3. The smallest absolute Gasteiger partial charge is 0.126 e. The van der Waals surface area contributed by atoms with E-state index < -0.39 is 0 Å².